The van der Waals surface area contributed by atoms with Crippen molar-refractivity contribution in [3.63, 3.8) is 0 Å². The first kappa shape index (κ1) is 15.0. The summed E-state index contributed by atoms with van der Waals surface area (Å²) in [5, 5.41) is 3.41. The molecule has 1 aliphatic heterocycles. The van der Waals surface area contributed by atoms with Gasteiger partial charge in [0.2, 0.25) is 6.10 Å². The maximum atomic E-state index is 12.4. The molecule has 1 atom stereocenters. The first-order valence-corrected chi connectivity index (χ1v) is 8.49. The van der Waals surface area contributed by atoms with E-state index >= 15 is 0 Å². The first-order valence-electron chi connectivity index (χ1n) is 7.67. The van der Waals surface area contributed by atoms with E-state index in [1.54, 1.807) is 6.07 Å². The molecule has 122 valence electrons. The molecule has 1 N–H and O–H groups in total. The zero-order valence-electron chi connectivity index (χ0n) is 13.3. The van der Waals surface area contributed by atoms with Crippen molar-refractivity contribution in [1.82, 2.24) is 4.98 Å². The Morgan fingerprint density at radius 1 is 1.21 bits per heavy atom. The number of carbonyl (C=O) groups is 1. The third kappa shape index (κ3) is 2.69. The fraction of sp³-hybridized carbons (Fsp3) is 0.222. The van der Waals surface area contributed by atoms with Gasteiger partial charge in [-0.05, 0) is 49.2 Å². The van der Waals surface area contributed by atoms with Crippen LogP contribution in [0.5, 0.6) is 11.5 Å². The number of benzene rings is 2. The van der Waals surface area contributed by atoms with Gasteiger partial charge in [0.25, 0.3) is 5.91 Å². The zero-order chi connectivity index (χ0) is 16.7. The Kier molecular flexibility index (Phi) is 3.61. The van der Waals surface area contributed by atoms with E-state index in [1.165, 1.54) is 22.5 Å². The number of hydrogen-bond donors (Lipinski definition) is 1. The molecule has 0 saturated heterocycles. The number of para-hydroxylation sites is 2. The van der Waals surface area contributed by atoms with Crippen LogP contribution in [0.15, 0.2) is 36.4 Å². The molecular formula is C18H16N2O3S. The topological polar surface area (TPSA) is 60.5 Å². The van der Waals surface area contributed by atoms with Crippen LogP contribution in [-0.4, -0.2) is 23.6 Å². The quantitative estimate of drug-likeness (QED) is 0.773. The standard InChI is InChI=1S/C18H16N2O3S/c1-10-7-12-16(8-11(10)2)24-18(19-12)20-17(21)15-9-22-13-5-3-4-6-14(13)23-15/h3-8,15H,9H2,1-2H3,(H,19,20,21)/t15-/m0/s1. The predicted molar refractivity (Wildman–Crippen MR) is 94.1 cm³/mol. The summed E-state index contributed by atoms with van der Waals surface area (Å²) in [5.74, 6) is 0.990. The molecule has 0 fully saturated rings. The number of aromatic nitrogens is 1. The lowest BCUT2D eigenvalue weighted by Crippen LogP contribution is -2.40. The molecule has 3 aromatic rings. The number of fused-ring (bicyclic) bond motifs is 2. The third-order valence-corrected chi connectivity index (χ3v) is 4.97. The molecule has 1 aliphatic rings. The Morgan fingerprint density at radius 2 is 1.96 bits per heavy atom. The Labute approximate surface area is 143 Å². The highest BCUT2D eigenvalue weighted by Crippen LogP contribution is 2.32. The van der Waals surface area contributed by atoms with Crippen molar-refractivity contribution in [3.8, 4) is 11.5 Å². The monoisotopic (exact) mass is 340 g/mol. The highest BCUT2D eigenvalue weighted by Gasteiger charge is 2.27. The lowest BCUT2D eigenvalue weighted by molar-refractivity contribution is -0.125. The number of nitrogens with one attached hydrogen (secondary N) is 1. The molecule has 1 aromatic heterocycles. The molecule has 6 heteroatoms. The number of hydrogen-bond acceptors (Lipinski definition) is 5. The van der Waals surface area contributed by atoms with Crippen molar-refractivity contribution in [1.29, 1.82) is 0 Å². The van der Waals surface area contributed by atoms with E-state index in [2.05, 4.69) is 30.2 Å². The van der Waals surface area contributed by atoms with Crippen molar-refractivity contribution in [3.05, 3.63) is 47.5 Å². The number of anilines is 1. The van der Waals surface area contributed by atoms with Crippen LogP contribution < -0.4 is 14.8 Å². The lowest BCUT2D eigenvalue weighted by Gasteiger charge is -2.25. The van der Waals surface area contributed by atoms with Crippen molar-refractivity contribution >= 4 is 32.6 Å². The molecule has 0 unspecified atom stereocenters. The van der Waals surface area contributed by atoms with E-state index in [0.29, 0.717) is 16.6 Å². The molecule has 2 aromatic carbocycles. The van der Waals surface area contributed by atoms with Crippen LogP contribution in [0.2, 0.25) is 0 Å². The lowest BCUT2D eigenvalue weighted by atomic mass is 10.1. The van der Waals surface area contributed by atoms with Gasteiger partial charge >= 0.3 is 0 Å². The van der Waals surface area contributed by atoms with Crippen molar-refractivity contribution < 1.29 is 14.3 Å². The summed E-state index contributed by atoms with van der Waals surface area (Å²) in [4.78, 5) is 16.9. The van der Waals surface area contributed by atoms with Crippen LogP contribution >= 0.6 is 11.3 Å². The van der Waals surface area contributed by atoms with Crippen LogP contribution in [0.3, 0.4) is 0 Å². The normalized spacial score (nSPS) is 16.2. The summed E-state index contributed by atoms with van der Waals surface area (Å²) in [7, 11) is 0. The Hall–Kier alpha value is -2.60. The molecule has 0 radical (unpaired) electrons. The minimum absolute atomic E-state index is 0.186. The predicted octanol–water partition coefficient (Wildman–Crippen LogP) is 3.69. The van der Waals surface area contributed by atoms with E-state index in [9.17, 15) is 4.79 Å². The molecular weight excluding hydrogens is 324 g/mol. The second-order valence-electron chi connectivity index (χ2n) is 5.78. The van der Waals surface area contributed by atoms with Crippen molar-refractivity contribution in [2.45, 2.75) is 20.0 Å². The van der Waals surface area contributed by atoms with Gasteiger partial charge in [-0.2, -0.15) is 0 Å². The number of ether oxygens (including phenoxy) is 2. The first-order chi connectivity index (χ1) is 11.6. The fourth-order valence-electron chi connectivity index (χ4n) is 2.57. The van der Waals surface area contributed by atoms with Gasteiger partial charge in [-0.3, -0.25) is 10.1 Å². The van der Waals surface area contributed by atoms with Gasteiger partial charge in [-0.15, -0.1) is 0 Å². The van der Waals surface area contributed by atoms with Crippen molar-refractivity contribution in [2.24, 2.45) is 0 Å². The van der Waals surface area contributed by atoms with Crippen LogP contribution in [0.25, 0.3) is 10.2 Å². The number of nitrogens with zero attached hydrogens (tertiary/aromatic N) is 1. The van der Waals surface area contributed by atoms with Crippen molar-refractivity contribution in [2.75, 3.05) is 11.9 Å². The number of rotatable bonds is 2. The molecule has 0 saturated carbocycles. The molecule has 24 heavy (non-hydrogen) atoms. The zero-order valence-corrected chi connectivity index (χ0v) is 14.1. The largest absolute Gasteiger partial charge is 0.485 e. The molecule has 2 heterocycles. The summed E-state index contributed by atoms with van der Waals surface area (Å²) in [6, 6.07) is 11.5. The fourth-order valence-corrected chi connectivity index (χ4v) is 3.52. The minimum Gasteiger partial charge on any atom is -0.485 e. The Morgan fingerprint density at radius 3 is 2.79 bits per heavy atom. The molecule has 0 bridgehead atoms. The summed E-state index contributed by atoms with van der Waals surface area (Å²) >= 11 is 1.46. The summed E-state index contributed by atoms with van der Waals surface area (Å²) in [6.45, 7) is 4.31. The van der Waals surface area contributed by atoms with Gasteiger partial charge in [0.1, 0.15) is 6.61 Å². The van der Waals surface area contributed by atoms with Gasteiger partial charge in [0, 0.05) is 0 Å². The van der Waals surface area contributed by atoms with E-state index in [4.69, 9.17) is 9.47 Å². The average Bonchev–Trinajstić information content (AvgIpc) is 2.95. The number of carbonyl (C=O) groups excluding carboxylic acids is 1. The highest BCUT2D eigenvalue weighted by molar-refractivity contribution is 7.22. The van der Waals surface area contributed by atoms with Crippen LogP contribution in [0, 0.1) is 13.8 Å². The Balaban J connectivity index is 1.52. The molecule has 5 nitrogen and oxygen atoms in total. The van der Waals surface area contributed by atoms with Gasteiger partial charge in [0.15, 0.2) is 16.6 Å². The maximum absolute atomic E-state index is 12.4. The van der Waals surface area contributed by atoms with E-state index in [1.807, 2.05) is 24.3 Å². The van der Waals surface area contributed by atoms with Gasteiger partial charge in [-0.1, -0.05) is 23.5 Å². The smallest absolute Gasteiger partial charge is 0.270 e. The van der Waals surface area contributed by atoms with Crippen LogP contribution in [0.1, 0.15) is 11.1 Å². The third-order valence-electron chi connectivity index (χ3n) is 4.04. The maximum Gasteiger partial charge on any atom is 0.270 e. The van der Waals surface area contributed by atoms with Crippen LogP contribution in [-0.2, 0) is 4.79 Å². The molecule has 1 amide bonds. The SMILES string of the molecule is Cc1cc2nc(NC(=O)[C@@H]3COc4ccccc4O3)sc2cc1C. The second kappa shape index (κ2) is 5.79. The Bertz CT molecular complexity index is 896. The minimum atomic E-state index is -0.685. The van der Waals surface area contributed by atoms with Gasteiger partial charge in [0.05, 0.1) is 10.2 Å². The van der Waals surface area contributed by atoms with E-state index in [0.717, 1.165) is 10.2 Å². The van der Waals surface area contributed by atoms with Gasteiger partial charge in [-0.25, -0.2) is 4.98 Å². The second-order valence-corrected chi connectivity index (χ2v) is 6.81. The molecule has 0 aliphatic carbocycles. The number of amides is 1. The summed E-state index contributed by atoms with van der Waals surface area (Å²) < 4.78 is 12.4. The van der Waals surface area contributed by atoms with Crippen LogP contribution in [0.4, 0.5) is 5.13 Å². The van der Waals surface area contributed by atoms with E-state index < -0.39 is 6.10 Å². The van der Waals surface area contributed by atoms with Gasteiger partial charge < -0.3 is 9.47 Å². The average molecular weight is 340 g/mol. The number of thiazole rings is 1. The number of aryl methyl sites for hydroxylation is 2. The summed E-state index contributed by atoms with van der Waals surface area (Å²) in [5.41, 5.74) is 3.29. The molecule has 0 spiro atoms. The highest BCUT2D eigenvalue weighted by atomic mass is 32.1. The summed E-state index contributed by atoms with van der Waals surface area (Å²) in [6.07, 6.45) is -0.685. The molecule has 4 rings (SSSR count). The van der Waals surface area contributed by atoms with E-state index in [-0.39, 0.29) is 12.5 Å².